The molecule has 1 saturated carbocycles. The van der Waals surface area contributed by atoms with Gasteiger partial charge in [-0.1, -0.05) is 73.0 Å². The summed E-state index contributed by atoms with van der Waals surface area (Å²) in [5.74, 6) is -0.318. The first kappa shape index (κ1) is 30.4. The summed E-state index contributed by atoms with van der Waals surface area (Å²) in [5.41, 5.74) is 1.90. The van der Waals surface area contributed by atoms with Crippen molar-refractivity contribution in [2.45, 2.75) is 50.7 Å². The predicted molar refractivity (Wildman–Crippen MR) is 162 cm³/mol. The molecule has 0 saturated heterocycles. The van der Waals surface area contributed by atoms with E-state index in [9.17, 15) is 18.0 Å². The number of hydrogen-bond donors (Lipinski definition) is 1. The molecule has 0 heterocycles. The zero-order valence-corrected chi connectivity index (χ0v) is 24.9. The van der Waals surface area contributed by atoms with Crippen molar-refractivity contribution in [2.75, 3.05) is 24.2 Å². The van der Waals surface area contributed by atoms with Gasteiger partial charge in [0.1, 0.15) is 18.3 Å². The van der Waals surface area contributed by atoms with E-state index in [1.54, 1.807) is 42.5 Å². The molecule has 1 N–H and O–H groups in total. The molecule has 10 heteroatoms. The van der Waals surface area contributed by atoms with Crippen LogP contribution in [0.2, 0.25) is 5.02 Å². The largest absolute Gasteiger partial charge is 0.497 e. The van der Waals surface area contributed by atoms with Crippen LogP contribution >= 0.6 is 11.6 Å². The maximum atomic E-state index is 14.2. The number of benzene rings is 3. The SMILES string of the molecule is COc1cccc(N(CC(=O)N(Cc2cccc(Cl)c2)C(Cc2ccccc2)C(=O)NC2CCCC2)S(C)(=O)=O)c1. The molecule has 0 spiro atoms. The third-order valence-corrected chi connectivity index (χ3v) is 8.61. The minimum atomic E-state index is -3.87. The number of hydrogen-bond acceptors (Lipinski definition) is 5. The summed E-state index contributed by atoms with van der Waals surface area (Å²) in [4.78, 5) is 29.5. The van der Waals surface area contributed by atoms with Gasteiger partial charge in [0.05, 0.1) is 19.1 Å². The van der Waals surface area contributed by atoms with E-state index in [-0.39, 0.29) is 30.6 Å². The molecular formula is C31H36ClN3O5S. The zero-order chi connectivity index (χ0) is 29.4. The molecule has 8 nitrogen and oxygen atoms in total. The molecule has 3 aromatic carbocycles. The van der Waals surface area contributed by atoms with Crippen LogP contribution in [0.1, 0.15) is 36.8 Å². The quantitative estimate of drug-likeness (QED) is 0.323. The van der Waals surface area contributed by atoms with Gasteiger partial charge in [0.15, 0.2) is 0 Å². The Kier molecular flexibility index (Phi) is 10.3. The van der Waals surface area contributed by atoms with Gasteiger partial charge in [0, 0.05) is 30.1 Å². The van der Waals surface area contributed by atoms with Crippen LogP contribution in [0.4, 0.5) is 5.69 Å². The number of nitrogens with zero attached hydrogens (tertiary/aromatic N) is 2. The molecule has 4 rings (SSSR count). The minimum Gasteiger partial charge on any atom is -0.497 e. The van der Waals surface area contributed by atoms with Crippen molar-refractivity contribution >= 4 is 39.1 Å². The summed E-state index contributed by atoms with van der Waals surface area (Å²) >= 11 is 6.26. The van der Waals surface area contributed by atoms with Gasteiger partial charge in [0.2, 0.25) is 21.8 Å². The van der Waals surface area contributed by atoms with Crippen LogP contribution < -0.4 is 14.4 Å². The summed E-state index contributed by atoms with van der Waals surface area (Å²) in [5, 5.41) is 3.65. The number of sulfonamides is 1. The lowest BCUT2D eigenvalue weighted by atomic mass is 10.0. The standard InChI is InChI=1S/C31H36ClN3O5S/c1-40-28-17-9-16-27(20-28)35(41(2,38)39)22-30(36)34(21-24-12-8-13-25(32)18-24)29(19-23-10-4-3-5-11-23)31(37)33-26-14-6-7-15-26/h3-5,8-13,16-18,20,26,29H,6-7,14-15,19,21-22H2,1-2H3,(H,33,37). The molecule has 0 aliphatic heterocycles. The van der Waals surface area contributed by atoms with Crippen molar-refractivity contribution in [3.8, 4) is 5.75 Å². The number of ether oxygens (including phenoxy) is 1. The Morgan fingerprint density at radius 2 is 1.66 bits per heavy atom. The lowest BCUT2D eigenvalue weighted by Crippen LogP contribution is -2.54. The average molecular weight is 598 g/mol. The maximum Gasteiger partial charge on any atom is 0.244 e. The van der Waals surface area contributed by atoms with Crippen LogP contribution in [-0.2, 0) is 32.6 Å². The second-order valence-corrected chi connectivity index (χ2v) is 12.7. The van der Waals surface area contributed by atoms with Crippen LogP contribution in [0, 0.1) is 0 Å². The van der Waals surface area contributed by atoms with Gasteiger partial charge >= 0.3 is 0 Å². The van der Waals surface area contributed by atoms with Crippen molar-refractivity contribution in [1.82, 2.24) is 10.2 Å². The molecule has 0 aromatic heterocycles. The van der Waals surface area contributed by atoms with Gasteiger partial charge in [-0.05, 0) is 48.2 Å². The molecule has 0 radical (unpaired) electrons. The monoisotopic (exact) mass is 597 g/mol. The van der Waals surface area contributed by atoms with Crippen LogP contribution in [0.3, 0.4) is 0 Å². The minimum absolute atomic E-state index is 0.0493. The fraction of sp³-hybridized carbons (Fsp3) is 0.355. The summed E-state index contributed by atoms with van der Waals surface area (Å²) in [6.07, 6.45) is 5.19. The maximum absolute atomic E-state index is 14.2. The number of carbonyl (C=O) groups excluding carboxylic acids is 2. The van der Waals surface area contributed by atoms with Crippen molar-refractivity contribution < 1.29 is 22.7 Å². The van der Waals surface area contributed by atoms with Crippen molar-refractivity contribution in [1.29, 1.82) is 0 Å². The molecule has 1 aliphatic rings. The van der Waals surface area contributed by atoms with E-state index in [2.05, 4.69) is 5.32 Å². The van der Waals surface area contributed by atoms with Gasteiger partial charge in [-0.15, -0.1) is 0 Å². The van der Waals surface area contributed by atoms with E-state index in [0.717, 1.165) is 47.4 Å². The number of carbonyl (C=O) groups is 2. The Bertz CT molecular complexity index is 1440. The lowest BCUT2D eigenvalue weighted by Gasteiger charge is -2.34. The number of nitrogens with one attached hydrogen (secondary N) is 1. The van der Waals surface area contributed by atoms with E-state index in [1.807, 2.05) is 36.4 Å². The summed E-state index contributed by atoms with van der Waals surface area (Å²) in [7, 11) is -2.38. The summed E-state index contributed by atoms with van der Waals surface area (Å²) in [6, 6.07) is 22.3. The third kappa shape index (κ3) is 8.47. The number of methoxy groups -OCH3 is 1. The number of halogens is 1. The molecular weight excluding hydrogens is 562 g/mol. The zero-order valence-electron chi connectivity index (χ0n) is 23.3. The van der Waals surface area contributed by atoms with Gasteiger partial charge in [-0.2, -0.15) is 0 Å². The molecule has 3 aromatic rings. The fourth-order valence-corrected chi connectivity index (χ4v) is 6.19. The van der Waals surface area contributed by atoms with E-state index < -0.39 is 28.5 Å². The van der Waals surface area contributed by atoms with Crippen molar-refractivity contribution in [3.63, 3.8) is 0 Å². The number of amides is 2. The fourth-order valence-electron chi connectivity index (χ4n) is 5.13. The molecule has 2 amide bonds. The summed E-state index contributed by atoms with van der Waals surface area (Å²) < 4.78 is 32.2. The molecule has 41 heavy (non-hydrogen) atoms. The van der Waals surface area contributed by atoms with Crippen LogP contribution in [0.25, 0.3) is 0 Å². The van der Waals surface area contributed by atoms with Gasteiger partial charge < -0.3 is 15.0 Å². The van der Waals surface area contributed by atoms with Crippen LogP contribution in [0.5, 0.6) is 5.75 Å². The highest BCUT2D eigenvalue weighted by Gasteiger charge is 2.34. The van der Waals surface area contributed by atoms with Crippen LogP contribution in [0.15, 0.2) is 78.9 Å². The van der Waals surface area contributed by atoms with E-state index in [4.69, 9.17) is 16.3 Å². The van der Waals surface area contributed by atoms with E-state index in [1.165, 1.54) is 12.0 Å². The molecule has 1 atom stereocenters. The van der Waals surface area contributed by atoms with Gasteiger partial charge in [-0.3, -0.25) is 13.9 Å². The van der Waals surface area contributed by atoms with E-state index >= 15 is 0 Å². The highest BCUT2D eigenvalue weighted by Crippen LogP contribution is 2.25. The molecule has 1 fully saturated rings. The highest BCUT2D eigenvalue weighted by atomic mass is 35.5. The summed E-state index contributed by atoms with van der Waals surface area (Å²) in [6.45, 7) is -0.417. The predicted octanol–water partition coefficient (Wildman–Crippen LogP) is 4.81. The Balaban J connectivity index is 1.73. The first-order valence-corrected chi connectivity index (χ1v) is 15.9. The Labute approximate surface area is 247 Å². The Hall–Kier alpha value is -3.56. The van der Waals surface area contributed by atoms with Crippen LogP contribution in [-0.4, -0.2) is 57.1 Å². The van der Waals surface area contributed by atoms with E-state index in [0.29, 0.717) is 10.8 Å². The topological polar surface area (TPSA) is 96.0 Å². The first-order valence-electron chi connectivity index (χ1n) is 13.6. The smallest absolute Gasteiger partial charge is 0.244 e. The molecule has 0 bridgehead atoms. The van der Waals surface area contributed by atoms with Gasteiger partial charge in [0.25, 0.3) is 0 Å². The first-order chi connectivity index (χ1) is 19.6. The Morgan fingerprint density at radius 3 is 2.32 bits per heavy atom. The number of anilines is 1. The second kappa shape index (κ2) is 13.9. The van der Waals surface area contributed by atoms with Crippen molar-refractivity contribution in [2.24, 2.45) is 0 Å². The van der Waals surface area contributed by atoms with Gasteiger partial charge in [-0.25, -0.2) is 8.42 Å². The lowest BCUT2D eigenvalue weighted by molar-refractivity contribution is -0.140. The van der Waals surface area contributed by atoms with Crippen molar-refractivity contribution in [3.05, 3.63) is 95.0 Å². The second-order valence-electron chi connectivity index (χ2n) is 10.3. The third-order valence-electron chi connectivity index (χ3n) is 7.24. The average Bonchev–Trinajstić information content (AvgIpc) is 3.46. The molecule has 1 unspecified atom stereocenters. The molecule has 218 valence electrons. The molecule has 1 aliphatic carbocycles. The Morgan fingerprint density at radius 1 is 0.976 bits per heavy atom. The highest BCUT2D eigenvalue weighted by molar-refractivity contribution is 7.92. The number of rotatable bonds is 12. The normalized spacial score (nSPS) is 14.3.